The van der Waals surface area contributed by atoms with Gasteiger partial charge in [-0.05, 0) is 49.4 Å². The van der Waals surface area contributed by atoms with Crippen molar-refractivity contribution in [1.82, 2.24) is 10.6 Å². The van der Waals surface area contributed by atoms with E-state index in [0.29, 0.717) is 12.5 Å². The summed E-state index contributed by atoms with van der Waals surface area (Å²) in [6.45, 7) is 4.86. The van der Waals surface area contributed by atoms with Gasteiger partial charge in [0.1, 0.15) is 0 Å². The molecule has 0 aliphatic heterocycles. The number of carbonyl (C=O) groups is 1. The summed E-state index contributed by atoms with van der Waals surface area (Å²) in [7, 11) is 0. The third kappa shape index (κ3) is 4.06. The molecule has 0 saturated carbocycles. The van der Waals surface area contributed by atoms with Crippen LogP contribution in [0.1, 0.15) is 50.3 Å². The van der Waals surface area contributed by atoms with Crippen LogP contribution in [0.15, 0.2) is 22.7 Å². The van der Waals surface area contributed by atoms with Gasteiger partial charge in [-0.15, -0.1) is 0 Å². The number of nitrogens with one attached hydrogen (secondary N) is 2. The molecule has 0 bridgehead atoms. The zero-order chi connectivity index (χ0) is 14.5. The molecule has 0 heterocycles. The fraction of sp³-hybridized carbons (Fsp3) is 0.562. The lowest BCUT2D eigenvalue weighted by atomic mass is 10.1. The lowest BCUT2D eigenvalue weighted by Gasteiger charge is -2.15. The Morgan fingerprint density at radius 3 is 3.05 bits per heavy atom. The zero-order valence-electron chi connectivity index (χ0n) is 12.2. The maximum absolute atomic E-state index is 11.7. The van der Waals surface area contributed by atoms with Crippen molar-refractivity contribution >= 4 is 21.8 Å². The minimum Gasteiger partial charge on any atom is -0.354 e. The van der Waals surface area contributed by atoms with Gasteiger partial charge < -0.3 is 10.6 Å². The van der Waals surface area contributed by atoms with Crippen LogP contribution in [-0.2, 0) is 11.2 Å². The zero-order valence-corrected chi connectivity index (χ0v) is 13.8. The second kappa shape index (κ2) is 7.23. The molecular formula is C16H23BrN2O. The molecule has 2 rings (SSSR count). The van der Waals surface area contributed by atoms with Crippen LogP contribution in [0.3, 0.4) is 0 Å². The maximum Gasteiger partial charge on any atom is 0.221 e. The van der Waals surface area contributed by atoms with Crippen molar-refractivity contribution < 1.29 is 4.79 Å². The van der Waals surface area contributed by atoms with Crippen molar-refractivity contribution in [2.45, 2.75) is 51.6 Å². The quantitative estimate of drug-likeness (QED) is 0.835. The molecule has 2 unspecified atom stereocenters. The smallest absolute Gasteiger partial charge is 0.221 e. The van der Waals surface area contributed by atoms with E-state index in [9.17, 15) is 4.79 Å². The average molecular weight is 339 g/mol. The van der Waals surface area contributed by atoms with Crippen LogP contribution >= 0.6 is 15.9 Å². The molecule has 2 N–H and O–H groups in total. The van der Waals surface area contributed by atoms with Gasteiger partial charge in [0, 0.05) is 29.5 Å². The Morgan fingerprint density at radius 2 is 2.30 bits per heavy atom. The Bertz CT molecular complexity index is 476. The van der Waals surface area contributed by atoms with Gasteiger partial charge in [-0.3, -0.25) is 4.79 Å². The summed E-state index contributed by atoms with van der Waals surface area (Å²) < 4.78 is 1.14. The maximum atomic E-state index is 11.7. The number of halogens is 1. The largest absolute Gasteiger partial charge is 0.354 e. The van der Waals surface area contributed by atoms with Crippen LogP contribution in [0.2, 0.25) is 0 Å². The highest BCUT2D eigenvalue weighted by molar-refractivity contribution is 9.10. The van der Waals surface area contributed by atoms with E-state index in [1.807, 2.05) is 6.92 Å². The average Bonchev–Trinajstić information content (AvgIpc) is 2.81. The van der Waals surface area contributed by atoms with Crippen LogP contribution in [0, 0.1) is 0 Å². The standard InChI is InChI=1S/C16H23BrN2O/c1-3-11(2)19-16(20)8-9-18-15-7-4-12-10-13(17)5-6-14(12)15/h5-6,10-11,15,18H,3-4,7-9H2,1-2H3,(H,19,20). The minimum atomic E-state index is 0.140. The van der Waals surface area contributed by atoms with Gasteiger partial charge >= 0.3 is 0 Å². The Morgan fingerprint density at radius 1 is 1.50 bits per heavy atom. The normalized spacial score (nSPS) is 18.6. The van der Waals surface area contributed by atoms with E-state index in [0.717, 1.165) is 30.3 Å². The Kier molecular flexibility index (Phi) is 5.61. The topological polar surface area (TPSA) is 41.1 Å². The molecule has 20 heavy (non-hydrogen) atoms. The van der Waals surface area contributed by atoms with Crippen LogP contribution < -0.4 is 10.6 Å². The number of amides is 1. The fourth-order valence-electron chi connectivity index (χ4n) is 2.61. The molecule has 2 atom stereocenters. The van der Waals surface area contributed by atoms with Gasteiger partial charge in [0.25, 0.3) is 0 Å². The summed E-state index contributed by atoms with van der Waals surface area (Å²) in [5.41, 5.74) is 2.80. The third-order valence-corrected chi connectivity index (χ3v) is 4.44. The SMILES string of the molecule is CCC(C)NC(=O)CCNC1CCc2cc(Br)ccc21. The first kappa shape index (κ1) is 15.5. The van der Waals surface area contributed by atoms with E-state index in [4.69, 9.17) is 0 Å². The number of carbonyl (C=O) groups excluding carboxylic acids is 1. The molecule has 110 valence electrons. The van der Waals surface area contributed by atoms with Gasteiger partial charge in [0.05, 0.1) is 0 Å². The van der Waals surface area contributed by atoms with Gasteiger partial charge in [-0.1, -0.05) is 28.9 Å². The summed E-state index contributed by atoms with van der Waals surface area (Å²) in [5.74, 6) is 0.140. The summed E-state index contributed by atoms with van der Waals surface area (Å²) >= 11 is 3.51. The molecule has 0 aromatic heterocycles. The second-order valence-corrected chi connectivity index (χ2v) is 6.43. The predicted molar refractivity (Wildman–Crippen MR) is 85.7 cm³/mol. The summed E-state index contributed by atoms with van der Waals surface area (Å²) in [5, 5.41) is 6.50. The van der Waals surface area contributed by atoms with Crippen molar-refractivity contribution in [3.8, 4) is 0 Å². The number of aryl methyl sites for hydroxylation is 1. The van der Waals surface area contributed by atoms with Gasteiger partial charge in [0.2, 0.25) is 5.91 Å². The molecule has 1 aromatic carbocycles. The van der Waals surface area contributed by atoms with Crippen molar-refractivity contribution in [3.63, 3.8) is 0 Å². The van der Waals surface area contributed by atoms with Crippen molar-refractivity contribution in [3.05, 3.63) is 33.8 Å². The summed E-state index contributed by atoms with van der Waals surface area (Å²) in [6, 6.07) is 7.14. The van der Waals surface area contributed by atoms with Crippen LogP contribution in [0.25, 0.3) is 0 Å². The first-order valence-electron chi connectivity index (χ1n) is 7.41. The Labute approximate surface area is 129 Å². The first-order valence-corrected chi connectivity index (χ1v) is 8.20. The molecule has 0 spiro atoms. The van der Waals surface area contributed by atoms with Crippen molar-refractivity contribution in [2.75, 3.05) is 6.54 Å². The van der Waals surface area contributed by atoms with Gasteiger partial charge in [-0.25, -0.2) is 0 Å². The molecule has 1 aromatic rings. The summed E-state index contributed by atoms with van der Waals surface area (Å²) in [6.07, 6.45) is 3.76. The van der Waals surface area contributed by atoms with Crippen LogP contribution in [0.4, 0.5) is 0 Å². The van der Waals surface area contributed by atoms with Crippen molar-refractivity contribution in [1.29, 1.82) is 0 Å². The molecule has 1 aliphatic rings. The molecule has 0 fully saturated rings. The molecular weight excluding hydrogens is 316 g/mol. The second-order valence-electron chi connectivity index (χ2n) is 5.52. The van der Waals surface area contributed by atoms with Crippen LogP contribution in [0.5, 0.6) is 0 Å². The number of hydrogen-bond donors (Lipinski definition) is 2. The highest BCUT2D eigenvalue weighted by atomic mass is 79.9. The number of benzene rings is 1. The van der Waals surface area contributed by atoms with E-state index >= 15 is 0 Å². The lowest BCUT2D eigenvalue weighted by Crippen LogP contribution is -2.34. The van der Waals surface area contributed by atoms with E-state index < -0.39 is 0 Å². The predicted octanol–water partition coefficient (Wildman–Crippen LogP) is 3.33. The van der Waals surface area contributed by atoms with Gasteiger partial charge in [-0.2, -0.15) is 0 Å². The molecule has 0 saturated heterocycles. The van der Waals surface area contributed by atoms with E-state index in [-0.39, 0.29) is 11.9 Å². The Hall–Kier alpha value is -0.870. The molecule has 1 amide bonds. The highest BCUT2D eigenvalue weighted by Gasteiger charge is 2.21. The number of hydrogen-bond acceptors (Lipinski definition) is 2. The van der Waals surface area contributed by atoms with E-state index in [1.54, 1.807) is 0 Å². The molecule has 1 aliphatic carbocycles. The molecule has 0 radical (unpaired) electrons. The number of fused-ring (bicyclic) bond motifs is 1. The fourth-order valence-corrected chi connectivity index (χ4v) is 3.02. The molecule has 4 heteroatoms. The third-order valence-electron chi connectivity index (χ3n) is 3.95. The van der Waals surface area contributed by atoms with E-state index in [2.05, 4.69) is 51.7 Å². The van der Waals surface area contributed by atoms with Crippen molar-refractivity contribution in [2.24, 2.45) is 0 Å². The van der Waals surface area contributed by atoms with Crippen LogP contribution in [-0.4, -0.2) is 18.5 Å². The van der Waals surface area contributed by atoms with E-state index in [1.165, 1.54) is 11.1 Å². The summed E-state index contributed by atoms with van der Waals surface area (Å²) in [4.78, 5) is 11.7. The first-order chi connectivity index (χ1) is 9.60. The Balaban J connectivity index is 1.78. The lowest BCUT2D eigenvalue weighted by molar-refractivity contribution is -0.121. The highest BCUT2D eigenvalue weighted by Crippen LogP contribution is 2.32. The monoisotopic (exact) mass is 338 g/mol. The van der Waals surface area contributed by atoms with Gasteiger partial charge in [0.15, 0.2) is 0 Å². The minimum absolute atomic E-state index is 0.140. The molecule has 3 nitrogen and oxygen atoms in total. The number of rotatable bonds is 6.